The minimum absolute atomic E-state index is 0.397. The van der Waals surface area contributed by atoms with Crippen LogP contribution >= 0.6 is 0 Å². The molecule has 0 bridgehead atoms. The zero-order valence-corrected chi connectivity index (χ0v) is 12.5. The van der Waals surface area contributed by atoms with Crippen LogP contribution in [-0.2, 0) is 11.8 Å². The molecule has 1 N–H and O–H groups in total. The van der Waals surface area contributed by atoms with Crippen molar-refractivity contribution in [3.63, 3.8) is 0 Å². The van der Waals surface area contributed by atoms with Crippen LogP contribution in [0.1, 0.15) is 31.5 Å². The molecule has 21 heavy (non-hydrogen) atoms. The normalized spacial score (nSPS) is 19.0. The van der Waals surface area contributed by atoms with Gasteiger partial charge in [-0.15, -0.1) is 0 Å². The first-order chi connectivity index (χ1) is 10.1. The van der Waals surface area contributed by atoms with Crippen LogP contribution in [0.2, 0.25) is 0 Å². The summed E-state index contributed by atoms with van der Waals surface area (Å²) in [4.78, 5) is 17.9. The standard InChI is InChI=1S/C16H21N3O2/c1-11(16(20)21)19-9-7-12(8-10-19)15-17-13-5-3-4-6-14(13)18(15)2/h3-6,11-12H,7-10H2,1-2H3,(H,20,21). The third-order valence-electron chi connectivity index (χ3n) is 4.62. The van der Waals surface area contributed by atoms with E-state index in [1.807, 2.05) is 23.1 Å². The van der Waals surface area contributed by atoms with E-state index in [-0.39, 0.29) is 0 Å². The molecule has 0 aliphatic carbocycles. The highest BCUT2D eigenvalue weighted by molar-refractivity contribution is 5.76. The summed E-state index contributed by atoms with van der Waals surface area (Å²) in [5.41, 5.74) is 2.20. The second-order valence-corrected chi connectivity index (χ2v) is 5.84. The fourth-order valence-electron chi connectivity index (χ4n) is 3.23. The molecule has 5 heteroatoms. The molecular weight excluding hydrogens is 266 g/mol. The number of likely N-dealkylation sites (tertiary alicyclic amines) is 1. The van der Waals surface area contributed by atoms with Crippen molar-refractivity contribution >= 4 is 17.0 Å². The van der Waals surface area contributed by atoms with Crippen molar-refractivity contribution in [2.45, 2.75) is 31.7 Å². The molecule has 1 saturated heterocycles. The van der Waals surface area contributed by atoms with E-state index in [4.69, 9.17) is 10.1 Å². The minimum Gasteiger partial charge on any atom is -0.480 e. The van der Waals surface area contributed by atoms with E-state index < -0.39 is 12.0 Å². The average molecular weight is 287 g/mol. The number of aromatic nitrogens is 2. The maximum absolute atomic E-state index is 11.1. The van der Waals surface area contributed by atoms with Crippen molar-refractivity contribution in [3.8, 4) is 0 Å². The second-order valence-electron chi connectivity index (χ2n) is 5.84. The lowest BCUT2D eigenvalue weighted by Gasteiger charge is -2.33. The van der Waals surface area contributed by atoms with E-state index in [0.717, 1.165) is 42.8 Å². The fraction of sp³-hybridized carbons (Fsp3) is 0.500. The Balaban J connectivity index is 1.77. The minimum atomic E-state index is -0.740. The number of para-hydroxylation sites is 2. The highest BCUT2D eigenvalue weighted by Gasteiger charge is 2.29. The summed E-state index contributed by atoms with van der Waals surface area (Å²) < 4.78 is 2.18. The van der Waals surface area contributed by atoms with Gasteiger partial charge >= 0.3 is 5.97 Å². The van der Waals surface area contributed by atoms with Crippen LogP contribution in [0.15, 0.2) is 24.3 Å². The van der Waals surface area contributed by atoms with E-state index in [2.05, 4.69) is 17.7 Å². The lowest BCUT2D eigenvalue weighted by Crippen LogP contribution is -2.43. The number of imidazole rings is 1. The Morgan fingerprint density at radius 2 is 2.00 bits per heavy atom. The molecular formula is C16H21N3O2. The van der Waals surface area contributed by atoms with Gasteiger partial charge in [-0.1, -0.05) is 12.1 Å². The number of carboxylic acid groups (broad SMARTS) is 1. The molecule has 1 unspecified atom stereocenters. The maximum atomic E-state index is 11.1. The quantitative estimate of drug-likeness (QED) is 0.940. The summed E-state index contributed by atoms with van der Waals surface area (Å²) >= 11 is 0. The van der Waals surface area contributed by atoms with Gasteiger partial charge in [-0.2, -0.15) is 0 Å². The maximum Gasteiger partial charge on any atom is 0.320 e. The Labute approximate surface area is 124 Å². The first-order valence-electron chi connectivity index (χ1n) is 7.46. The lowest BCUT2D eigenvalue weighted by molar-refractivity contribution is -0.143. The predicted molar refractivity (Wildman–Crippen MR) is 81.4 cm³/mol. The van der Waals surface area contributed by atoms with Gasteiger partial charge in [0.2, 0.25) is 0 Å². The number of rotatable bonds is 3. The van der Waals surface area contributed by atoms with Crippen LogP contribution in [0.3, 0.4) is 0 Å². The number of hydrogen-bond donors (Lipinski definition) is 1. The Hall–Kier alpha value is -1.88. The molecule has 1 aliphatic heterocycles. The van der Waals surface area contributed by atoms with Gasteiger partial charge in [-0.3, -0.25) is 9.69 Å². The molecule has 3 rings (SSSR count). The monoisotopic (exact) mass is 287 g/mol. The highest BCUT2D eigenvalue weighted by Crippen LogP contribution is 2.30. The molecule has 0 amide bonds. The number of piperidine rings is 1. The molecule has 1 aromatic carbocycles. The molecule has 1 aromatic heterocycles. The van der Waals surface area contributed by atoms with Gasteiger partial charge in [0.25, 0.3) is 0 Å². The molecule has 2 heterocycles. The molecule has 0 spiro atoms. The molecule has 0 radical (unpaired) electrons. The van der Waals surface area contributed by atoms with Crippen LogP contribution in [0, 0.1) is 0 Å². The van der Waals surface area contributed by atoms with Gasteiger partial charge in [0.1, 0.15) is 11.9 Å². The van der Waals surface area contributed by atoms with Gasteiger partial charge in [0, 0.05) is 13.0 Å². The molecule has 1 atom stereocenters. The predicted octanol–water partition coefficient (Wildman–Crippen LogP) is 2.23. The van der Waals surface area contributed by atoms with Crippen LogP contribution in [-0.4, -0.2) is 44.7 Å². The second kappa shape index (κ2) is 5.48. The molecule has 112 valence electrons. The Bertz CT molecular complexity index is 657. The third kappa shape index (κ3) is 2.53. The number of carboxylic acids is 1. The molecule has 1 aliphatic rings. The lowest BCUT2D eigenvalue weighted by atomic mass is 9.95. The van der Waals surface area contributed by atoms with Crippen molar-refractivity contribution in [3.05, 3.63) is 30.1 Å². The number of nitrogens with zero attached hydrogens (tertiary/aromatic N) is 3. The molecule has 5 nitrogen and oxygen atoms in total. The van der Waals surface area contributed by atoms with Crippen molar-refractivity contribution in [1.82, 2.24) is 14.5 Å². The fourth-order valence-corrected chi connectivity index (χ4v) is 3.23. The van der Waals surface area contributed by atoms with E-state index >= 15 is 0 Å². The Morgan fingerprint density at radius 1 is 1.33 bits per heavy atom. The zero-order chi connectivity index (χ0) is 15.0. The van der Waals surface area contributed by atoms with Crippen molar-refractivity contribution in [2.24, 2.45) is 7.05 Å². The number of aliphatic carboxylic acids is 1. The summed E-state index contributed by atoms with van der Waals surface area (Å²) in [5, 5.41) is 9.10. The van der Waals surface area contributed by atoms with E-state index in [1.165, 1.54) is 0 Å². The number of fused-ring (bicyclic) bond motifs is 1. The van der Waals surface area contributed by atoms with Crippen molar-refractivity contribution in [1.29, 1.82) is 0 Å². The van der Waals surface area contributed by atoms with Crippen molar-refractivity contribution in [2.75, 3.05) is 13.1 Å². The summed E-state index contributed by atoms with van der Waals surface area (Å²) in [6.07, 6.45) is 1.93. The Kier molecular flexibility index (Phi) is 3.68. The third-order valence-corrected chi connectivity index (χ3v) is 4.62. The van der Waals surface area contributed by atoms with Gasteiger partial charge in [-0.25, -0.2) is 4.98 Å². The van der Waals surface area contributed by atoms with Crippen molar-refractivity contribution < 1.29 is 9.90 Å². The SMILES string of the molecule is CC(C(=O)O)N1CCC(c2nc3ccccc3n2C)CC1. The molecule has 1 fully saturated rings. The summed E-state index contributed by atoms with van der Waals surface area (Å²) in [6.45, 7) is 3.40. The van der Waals surface area contributed by atoms with Crippen LogP contribution < -0.4 is 0 Å². The van der Waals surface area contributed by atoms with Gasteiger partial charge in [0.15, 0.2) is 0 Å². The summed E-state index contributed by atoms with van der Waals surface area (Å²) in [7, 11) is 2.07. The topological polar surface area (TPSA) is 58.4 Å². The van der Waals surface area contributed by atoms with Crippen LogP contribution in [0.25, 0.3) is 11.0 Å². The largest absolute Gasteiger partial charge is 0.480 e. The smallest absolute Gasteiger partial charge is 0.320 e. The number of aryl methyl sites for hydroxylation is 1. The van der Waals surface area contributed by atoms with Gasteiger partial charge < -0.3 is 9.67 Å². The molecule has 2 aromatic rings. The molecule has 0 saturated carbocycles. The number of hydrogen-bond acceptors (Lipinski definition) is 3. The van der Waals surface area contributed by atoms with Crippen LogP contribution in [0.5, 0.6) is 0 Å². The number of carbonyl (C=O) groups is 1. The average Bonchev–Trinajstić information content (AvgIpc) is 2.84. The van der Waals surface area contributed by atoms with Gasteiger partial charge in [0.05, 0.1) is 11.0 Å². The summed E-state index contributed by atoms with van der Waals surface area (Å²) in [6, 6.07) is 7.78. The summed E-state index contributed by atoms with van der Waals surface area (Å²) in [5.74, 6) is 0.801. The van der Waals surface area contributed by atoms with E-state index in [1.54, 1.807) is 6.92 Å². The number of benzene rings is 1. The van der Waals surface area contributed by atoms with Crippen LogP contribution in [0.4, 0.5) is 0 Å². The van der Waals surface area contributed by atoms with E-state index in [9.17, 15) is 4.79 Å². The first kappa shape index (κ1) is 14.1. The Morgan fingerprint density at radius 3 is 2.62 bits per heavy atom. The highest BCUT2D eigenvalue weighted by atomic mass is 16.4. The van der Waals surface area contributed by atoms with Gasteiger partial charge in [-0.05, 0) is 45.0 Å². The first-order valence-corrected chi connectivity index (χ1v) is 7.46. The van der Waals surface area contributed by atoms with E-state index in [0.29, 0.717) is 5.92 Å². The zero-order valence-electron chi connectivity index (χ0n) is 12.5.